The molecular formula is C10H9F5O2. The van der Waals surface area contributed by atoms with Gasteiger partial charge < -0.3 is 5.11 Å². The van der Waals surface area contributed by atoms with Gasteiger partial charge in [-0.25, -0.2) is 22.0 Å². The van der Waals surface area contributed by atoms with Crippen LogP contribution in [0.1, 0.15) is 19.8 Å². The van der Waals surface area contributed by atoms with Gasteiger partial charge in [0.25, 0.3) is 0 Å². The van der Waals surface area contributed by atoms with Gasteiger partial charge >= 0.3 is 5.97 Å². The van der Waals surface area contributed by atoms with Crippen LogP contribution >= 0.6 is 0 Å². The molecule has 7 heteroatoms. The number of hydrogen-bond acceptors (Lipinski definition) is 1. The number of allylic oxidation sites excluding steroid dienone is 3. The van der Waals surface area contributed by atoms with Gasteiger partial charge in [-0.3, -0.25) is 4.79 Å². The van der Waals surface area contributed by atoms with Crippen molar-refractivity contribution in [3.05, 3.63) is 23.3 Å². The molecule has 2 unspecified atom stereocenters. The van der Waals surface area contributed by atoms with Gasteiger partial charge in [0, 0.05) is 0 Å². The average Bonchev–Trinajstić information content (AvgIpc) is 2.24. The monoisotopic (exact) mass is 256 g/mol. The highest BCUT2D eigenvalue weighted by molar-refractivity contribution is 5.77. The Hall–Kier alpha value is -1.40. The zero-order chi connectivity index (χ0) is 13.4. The molecule has 0 aromatic heterocycles. The first-order chi connectivity index (χ1) is 7.77. The Morgan fingerprint density at radius 3 is 2.24 bits per heavy atom. The summed E-state index contributed by atoms with van der Waals surface area (Å²) >= 11 is 0. The normalized spacial score (nSPS) is 29.9. The lowest BCUT2D eigenvalue weighted by molar-refractivity contribution is -0.146. The van der Waals surface area contributed by atoms with E-state index in [4.69, 9.17) is 5.11 Å². The number of carbonyl (C=O) groups is 1. The molecule has 1 rings (SSSR count). The Balaban J connectivity index is 3.42. The molecule has 17 heavy (non-hydrogen) atoms. The minimum Gasteiger partial charge on any atom is -0.481 e. The summed E-state index contributed by atoms with van der Waals surface area (Å²) in [5, 5.41) is 8.60. The molecule has 0 fully saturated rings. The summed E-state index contributed by atoms with van der Waals surface area (Å²) < 4.78 is 66.2. The van der Waals surface area contributed by atoms with Gasteiger partial charge in [0.15, 0.2) is 34.9 Å². The summed E-state index contributed by atoms with van der Waals surface area (Å²) in [6, 6.07) is 0. The summed E-state index contributed by atoms with van der Waals surface area (Å²) in [6.07, 6.45) is -0.820. The summed E-state index contributed by atoms with van der Waals surface area (Å²) in [5.41, 5.74) is -3.38. The van der Waals surface area contributed by atoms with Crippen molar-refractivity contribution in [1.82, 2.24) is 0 Å². The maximum absolute atomic E-state index is 14.1. The number of hydrogen-bond donors (Lipinski definition) is 1. The van der Waals surface area contributed by atoms with E-state index in [-0.39, 0.29) is 6.42 Å². The van der Waals surface area contributed by atoms with E-state index in [0.29, 0.717) is 0 Å². The van der Waals surface area contributed by atoms with E-state index in [1.807, 2.05) is 0 Å². The van der Waals surface area contributed by atoms with Gasteiger partial charge in [0.1, 0.15) is 0 Å². The van der Waals surface area contributed by atoms with Gasteiger partial charge in [-0.1, -0.05) is 13.3 Å². The van der Waals surface area contributed by atoms with Crippen molar-refractivity contribution in [3.63, 3.8) is 0 Å². The molecule has 0 amide bonds. The van der Waals surface area contributed by atoms with Crippen molar-refractivity contribution in [2.75, 3.05) is 0 Å². The molecule has 0 radical (unpaired) electrons. The molecule has 2 nitrogen and oxygen atoms in total. The predicted octanol–water partition coefficient (Wildman–Crippen LogP) is 3.51. The van der Waals surface area contributed by atoms with Crippen LogP contribution in [-0.2, 0) is 4.79 Å². The van der Waals surface area contributed by atoms with E-state index < -0.39 is 47.3 Å². The first-order valence-corrected chi connectivity index (χ1v) is 4.80. The standard InChI is InChI=1S/C10H9F5O2/c1-2-3-10(15)4(9(16)17)5(11)6(12)7(13)8(10)14/h4H,2-3H2,1H3,(H,16,17). The van der Waals surface area contributed by atoms with Crippen molar-refractivity contribution >= 4 is 5.97 Å². The molecule has 0 heterocycles. The maximum atomic E-state index is 14.1. The first kappa shape index (κ1) is 13.7. The van der Waals surface area contributed by atoms with Crippen LogP contribution in [0.15, 0.2) is 23.3 Å². The number of carboxylic acid groups (broad SMARTS) is 1. The molecular weight excluding hydrogens is 247 g/mol. The average molecular weight is 256 g/mol. The van der Waals surface area contributed by atoms with E-state index in [0.717, 1.165) is 0 Å². The lowest BCUT2D eigenvalue weighted by atomic mass is 9.79. The van der Waals surface area contributed by atoms with Crippen LogP contribution in [-0.4, -0.2) is 16.7 Å². The molecule has 0 aliphatic heterocycles. The van der Waals surface area contributed by atoms with Gasteiger partial charge in [-0.2, -0.15) is 0 Å². The zero-order valence-corrected chi connectivity index (χ0v) is 8.74. The molecule has 96 valence electrons. The maximum Gasteiger partial charge on any atom is 0.317 e. The highest BCUT2D eigenvalue weighted by Crippen LogP contribution is 2.48. The van der Waals surface area contributed by atoms with Crippen molar-refractivity contribution in [3.8, 4) is 0 Å². The van der Waals surface area contributed by atoms with Crippen LogP contribution in [0.5, 0.6) is 0 Å². The lowest BCUT2D eigenvalue weighted by Gasteiger charge is -2.31. The number of rotatable bonds is 3. The second-order valence-corrected chi connectivity index (χ2v) is 3.67. The quantitative estimate of drug-likeness (QED) is 0.784. The molecule has 2 atom stereocenters. The molecule has 0 spiro atoms. The third-order valence-electron chi connectivity index (χ3n) is 2.53. The fraction of sp³-hybridized carbons (Fsp3) is 0.500. The minimum atomic E-state index is -3.38. The SMILES string of the molecule is CCCC1(F)C(F)=C(F)C(F)=C(F)C1C(=O)O. The van der Waals surface area contributed by atoms with E-state index >= 15 is 0 Å². The molecule has 0 saturated carbocycles. The first-order valence-electron chi connectivity index (χ1n) is 4.80. The van der Waals surface area contributed by atoms with Crippen molar-refractivity contribution in [2.24, 2.45) is 5.92 Å². The van der Waals surface area contributed by atoms with E-state index in [9.17, 15) is 26.7 Å². The van der Waals surface area contributed by atoms with Crippen molar-refractivity contribution in [1.29, 1.82) is 0 Å². The molecule has 0 saturated heterocycles. The third-order valence-corrected chi connectivity index (χ3v) is 2.53. The Labute approximate surface area is 93.4 Å². The molecule has 0 aromatic rings. The summed E-state index contributed by atoms with van der Waals surface area (Å²) in [7, 11) is 0. The van der Waals surface area contributed by atoms with Crippen LogP contribution in [0.4, 0.5) is 22.0 Å². The third kappa shape index (κ3) is 1.94. The predicted molar refractivity (Wildman–Crippen MR) is 48.4 cm³/mol. The van der Waals surface area contributed by atoms with Crippen molar-refractivity contribution < 1.29 is 31.9 Å². The zero-order valence-electron chi connectivity index (χ0n) is 8.74. The van der Waals surface area contributed by atoms with Gasteiger partial charge in [-0.15, -0.1) is 0 Å². The fourth-order valence-electron chi connectivity index (χ4n) is 1.76. The highest BCUT2D eigenvalue weighted by Gasteiger charge is 2.56. The lowest BCUT2D eigenvalue weighted by Crippen LogP contribution is -2.42. The Morgan fingerprint density at radius 1 is 1.29 bits per heavy atom. The Morgan fingerprint density at radius 2 is 1.82 bits per heavy atom. The number of carboxylic acids is 1. The van der Waals surface area contributed by atoms with Crippen LogP contribution < -0.4 is 0 Å². The molecule has 1 aliphatic rings. The van der Waals surface area contributed by atoms with Crippen LogP contribution in [0, 0.1) is 5.92 Å². The number of halogens is 5. The molecule has 0 bridgehead atoms. The van der Waals surface area contributed by atoms with Gasteiger partial charge in [0.05, 0.1) is 0 Å². The summed E-state index contributed by atoms with van der Waals surface area (Å²) in [6.45, 7) is 1.37. The minimum absolute atomic E-state index is 0.0596. The topological polar surface area (TPSA) is 37.3 Å². The summed E-state index contributed by atoms with van der Waals surface area (Å²) in [5.74, 6) is -13.7. The fourth-order valence-corrected chi connectivity index (χ4v) is 1.76. The van der Waals surface area contributed by atoms with E-state index in [2.05, 4.69) is 0 Å². The molecule has 0 aromatic carbocycles. The second-order valence-electron chi connectivity index (χ2n) is 3.67. The van der Waals surface area contributed by atoms with Gasteiger partial charge in [-0.05, 0) is 6.42 Å². The Bertz CT molecular complexity index is 415. The highest BCUT2D eigenvalue weighted by atomic mass is 19.2. The molecule has 1 N–H and O–H groups in total. The van der Waals surface area contributed by atoms with E-state index in [1.54, 1.807) is 0 Å². The van der Waals surface area contributed by atoms with Gasteiger partial charge in [0.2, 0.25) is 0 Å². The number of alkyl halides is 1. The Kier molecular flexibility index (Phi) is 3.59. The van der Waals surface area contributed by atoms with Crippen LogP contribution in [0.2, 0.25) is 0 Å². The van der Waals surface area contributed by atoms with Crippen LogP contribution in [0.25, 0.3) is 0 Å². The smallest absolute Gasteiger partial charge is 0.317 e. The number of aliphatic carboxylic acids is 1. The molecule has 1 aliphatic carbocycles. The second kappa shape index (κ2) is 4.46. The van der Waals surface area contributed by atoms with Crippen LogP contribution in [0.3, 0.4) is 0 Å². The van der Waals surface area contributed by atoms with E-state index in [1.165, 1.54) is 6.92 Å². The largest absolute Gasteiger partial charge is 0.481 e. The summed E-state index contributed by atoms with van der Waals surface area (Å²) in [4.78, 5) is 10.7. The van der Waals surface area contributed by atoms with Crippen molar-refractivity contribution in [2.45, 2.75) is 25.4 Å².